The molecule has 4 aromatic rings. The fourth-order valence-electron chi connectivity index (χ4n) is 3.43. The van der Waals surface area contributed by atoms with Gasteiger partial charge in [0.1, 0.15) is 17.6 Å². The van der Waals surface area contributed by atoms with Crippen molar-refractivity contribution in [1.29, 1.82) is 0 Å². The standard InChI is InChI=1S/C24H22F2N6O2/c1-13-18(15-6-16-11-31-21(27-3)9-19(16)30-10-15)8-17(12-29-13)32-23(34)20-7-14(4-5-28-20)22(33)24(2,25)26/h4-12,22,33H,1-3H3,(H,27,31)(H,32,34)/t22-/m1/s1. The van der Waals surface area contributed by atoms with Gasteiger partial charge in [-0.1, -0.05) is 0 Å². The van der Waals surface area contributed by atoms with Crippen molar-refractivity contribution in [2.24, 2.45) is 0 Å². The monoisotopic (exact) mass is 464 g/mol. The Labute approximate surface area is 194 Å². The molecule has 0 spiro atoms. The number of pyridine rings is 4. The molecule has 0 aliphatic rings. The molecule has 0 unspecified atom stereocenters. The number of nitrogens with one attached hydrogen (secondary N) is 2. The molecule has 0 radical (unpaired) electrons. The second-order valence-corrected chi connectivity index (χ2v) is 7.88. The molecular weight excluding hydrogens is 442 g/mol. The lowest BCUT2D eigenvalue weighted by atomic mass is 10.0. The highest BCUT2D eigenvalue weighted by molar-refractivity contribution is 6.03. The fourth-order valence-corrected chi connectivity index (χ4v) is 3.43. The van der Waals surface area contributed by atoms with Gasteiger partial charge in [0, 0.05) is 60.8 Å². The van der Waals surface area contributed by atoms with Crippen molar-refractivity contribution in [3.8, 4) is 11.1 Å². The molecule has 3 N–H and O–H groups in total. The van der Waals surface area contributed by atoms with Crippen LogP contribution in [0.2, 0.25) is 0 Å². The van der Waals surface area contributed by atoms with Crippen LogP contribution in [0.5, 0.6) is 0 Å². The average molecular weight is 464 g/mol. The Morgan fingerprint density at radius 3 is 2.59 bits per heavy atom. The first-order valence-corrected chi connectivity index (χ1v) is 10.4. The van der Waals surface area contributed by atoms with Crippen molar-refractivity contribution >= 4 is 28.3 Å². The van der Waals surface area contributed by atoms with E-state index in [1.54, 1.807) is 25.5 Å². The molecule has 34 heavy (non-hydrogen) atoms. The van der Waals surface area contributed by atoms with Gasteiger partial charge in [-0.2, -0.15) is 0 Å². The number of amides is 1. The number of anilines is 2. The van der Waals surface area contributed by atoms with Gasteiger partial charge in [-0.05, 0) is 36.8 Å². The van der Waals surface area contributed by atoms with Gasteiger partial charge in [0.05, 0.1) is 17.4 Å². The van der Waals surface area contributed by atoms with Crippen LogP contribution in [0.3, 0.4) is 0 Å². The zero-order valence-electron chi connectivity index (χ0n) is 18.7. The number of aromatic nitrogens is 4. The second kappa shape index (κ2) is 9.06. The van der Waals surface area contributed by atoms with Crippen molar-refractivity contribution in [1.82, 2.24) is 19.9 Å². The Bertz CT molecular complexity index is 1370. The maximum atomic E-state index is 13.5. The third kappa shape index (κ3) is 4.81. The lowest BCUT2D eigenvalue weighted by Gasteiger charge is -2.18. The van der Waals surface area contributed by atoms with Crippen LogP contribution < -0.4 is 10.6 Å². The number of halogens is 2. The lowest BCUT2D eigenvalue weighted by molar-refractivity contribution is -0.0954. The first-order chi connectivity index (χ1) is 16.2. The third-order valence-corrected chi connectivity index (χ3v) is 5.29. The molecule has 0 bridgehead atoms. The van der Waals surface area contributed by atoms with Gasteiger partial charge < -0.3 is 15.7 Å². The Morgan fingerprint density at radius 2 is 1.85 bits per heavy atom. The molecule has 0 fully saturated rings. The molecule has 4 rings (SSSR count). The van der Waals surface area contributed by atoms with Crippen LogP contribution in [0.15, 0.2) is 55.1 Å². The predicted octanol–water partition coefficient (Wildman–Crippen LogP) is 4.38. The van der Waals surface area contributed by atoms with Gasteiger partial charge in [0.15, 0.2) is 0 Å². The highest BCUT2D eigenvalue weighted by atomic mass is 19.3. The van der Waals surface area contributed by atoms with Crippen LogP contribution in [0.1, 0.15) is 34.8 Å². The summed E-state index contributed by atoms with van der Waals surface area (Å²) in [6, 6.07) is 7.90. The average Bonchev–Trinajstić information content (AvgIpc) is 2.83. The number of alkyl halides is 2. The van der Waals surface area contributed by atoms with Gasteiger partial charge in [-0.3, -0.25) is 19.7 Å². The smallest absolute Gasteiger partial charge is 0.274 e. The molecule has 8 nitrogen and oxygen atoms in total. The van der Waals surface area contributed by atoms with Crippen molar-refractivity contribution in [3.63, 3.8) is 0 Å². The summed E-state index contributed by atoms with van der Waals surface area (Å²) in [4.78, 5) is 29.8. The normalized spacial score (nSPS) is 12.4. The summed E-state index contributed by atoms with van der Waals surface area (Å²) < 4.78 is 26.9. The van der Waals surface area contributed by atoms with Crippen molar-refractivity contribution in [2.45, 2.75) is 25.9 Å². The molecule has 0 aromatic carbocycles. The van der Waals surface area contributed by atoms with Crippen LogP contribution >= 0.6 is 0 Å². The third-order valence-electron chi connectivity index (χ3n) is 5.29. The highest BCUT2D eigenvalue weighted by Gasteiger charge is 2.34. The Hall–Kier alpha value is -4.05. The van der Waals surface area contributed by atoms with Crippen LogP contribution in [-0.4, -0.2) is 43.9 Å². The molecule has 1 atom stereocenters. The number of aliphatic hydroxyl groups excluding tert-OH is 1. The van der Waals surface area contributed by atoms with E-state index < -0.39 is 17.9 Å². The Balaban J connectivity index is 1.61. The molecule has 10 heteroatoms. The first-order valence-electron chi connectivity index (χ1n) is 10.4. The van der Waals surface area contributed by atoms with E-state index in [9.17, 15) is 18.7 Å². The second-order valence-electron chi connectivity index (χ2n) is 7.88. The van der Waals surface area contributed by atoms with Gasteiger partial charge in [0.25, 0.3) is 11.8 Å². The zero-order chi connectivity index (χ0) is 24.5. The summed E-state index contributed by atoms with van der Waals surface area (Å²) in [6.07, 6.45) is 4.08. The molecule has 4 aromatic heterocycles. The number of carbonyl (C=O) groups is 1. The van der Waals surface area contributed by atoms with E-state index in [4.69, 9.17) is 0 Å². The van der Waals surface area contributed by atoms with E-state index >= 15 is 0 Å². The summed E-state index contributed by atoms with van der Waals surface area (Å²) in [5.74, 6) is -3.27. The Morgan fingerprint density at radius 1 is 1.06 bits per heavy atom. The van der Waals surface area contributed by atoms with Crippen LogP contribution in [0, 0.1) is 6.92 Å². The Kier molecular flexibility index (Phi) is 6.16. The fraction of sp³-hybridized carbons (Fsp3) is 0.208. The van der Waals surface area contributed by atoms with Crippen molar-refractivity contribution in [2.75, 3.05) is 17.7 Å². The van der Waals surface area contributed by atoms with Gasteiger partial charge in [-0.25, -0.2) is 13.8 Å². The van der Waals surface area contributed by atoms with E-state index in [0.717, 1.165) is 33.8 Å². The van der Waals surface area contributed by atoms with Gasteiger partial charge in [0.2, 0.25) is 0 Å². The molecule has 0 saturated carbocycles. The van der Waals surface area contributed by atoms with E-state index in [0.29, 0.717) is 18.4 Å². The molecular formula is C24H22F2N6O2. The minimum Gasteiger partial charge on any atom is -0.382 e. The molecule has 1 amide bonds. The number of carbonyl (C=O) groups excluding carboxylic acids is 1. The maximum absolute atomic E-state index is 13.5. The summed E-state index contributed by atoms with van der Waals surface area (Å²) in [5.41, 5.74) is 3.24. The molecule has 174 valence electrons. The molecule has 4 heterocycles. The lowest BCUT2D eigenvalue weighted by Crippen LogP contribution is -2.22. The quantitative estimate of drug-likeness (QED) is 0.388. The number of hydrogen-bond acceptors (Lipinski definition) is 7. The topological polar surface area (TPSA) is 113 Å². The zero-order valence-corrected chi connectivity index (χ0v) is 18.7. The summed E-state index contributed by atoms with van der Waals surface area (Å²) in [6.45, 7) is 2.44. The minimum atomic E-state index is -3.36. The predicted molar refractivity (Wildman–Crippen MR) is 125 cm³/mol. The number of hydrogen-bond donors (Lipinski definition) is 3. The van der Waals surface area contributed by atoms with Crippen LogP contribution in [0.4, 0.5) is 20.3 Å². The number of aryl methyl sites for hydroxylation is 1. The first kappa shape index (κ1) is 23.1. The number of aliphatic hydroxyl groups is 1. The summed E-state index contributed by atoms with van der Waals surface area (Å²) in [7, 11) is 1.78. The van der Waals surface area contributed by atoms with E-state index in [-0.39, 0.29) is 11.3 Å². The number of fused-ring (bicyclic) bond motifs is 1. The minimum absolute atomic E-state index is 0.104. The van der Waals surface area contributed by atoms with E-state index in [2.05, 4.69) is 30.6 Å². The van der Waals surface area contributed by atoms with Gasteiger partial charge in [-0.15, -0.1) is 0 Å². The SMILES string of the molecule is CNc1cc2ncc(-c3cc(NC(=O)c4cc([C@@H](O)C(C)(F)F)ccn4)cnc3C)cc2cn1. The van der Waals surface area contributed by atoms with E-state index in [1.807, 2.05) is 19.1 Å². The number of rotatable bonds is 6. The summed E-state index contributed by atoms with van der Waals surface area (Å²) >= 11 is 0. The van der Waals surface area contributed by atoms with Crippen molar-refractivity contribution < 1.29 is 18.7 Å². The maximum Gasteiger partial charge on any atom is 0.274 e. The molecule has 0 aliphatic carbocycles. The van der Waals surface area contributed by atoms with Gasteiger partial charge >= 0.3 is 0 Å². The molecule has 0 saturated heterocycles. The van der Waals surface area contributed by atoms with Crippen LogP contribution in [0.25, 0.3) is 22.0 Å². The number of nitrogens with zero attached hydrogens (tertiary/aromatic N) is 4. The van der Waals surface area contributed by atoms with Crippen molar-refractivity contribution in [3.05, 3.63) is 72.1 Å². The van der Waals surface area contributed by atoms with E-state index in [1.165, 1.54) is 18.5 Å². The van der Waals surface area contributed by atoms with Crippen LogP contribution in [-0.2, 0) is 0 Å². The molecule has 0 aliphatic heterocycles. The summed E-state index contributed by atoms with van der Waals surface area (Å²) in [5, 5.41) is 16.3. The highest BCUT2D eigenvalue weighted by Crippen LogP contribution is 2.31. The largest absolute Gasteiger partial charge is 0.382 e.